The summed E-state index contributed by atoms with van der Waals surface area (Å²) in [5, 5.41) is 0. The maximum Gasteiger partial charge on any atom is 0.404 e. The molecule has 140 valence electrons. The van der Waals surface area contributed by atoms with Crippen molar-refractivity contribution in [2.45, 2.75) is 57.2 Å². The molecule has 1 aromatic carbocycles. The van der Waals surface area contributed by atoms with Crippen LogP contribution in [0.3, 0.4) is 0 Å². The van der Waals surface area contributed by atoms with Crippen molar-refractivity contribution in [1.29, 1.82) is 0 Å². The first kappa shape index (κ1) is 20.5. The summed E-state index contributed by atoms with van der Waals surface area (Å²) in [6.07, 6.45) is 4.73. The Morgan fingerprint density at radius 2 is 2.04 bits per heavy atom. The summed E-state index contributed by atoms with van der Waals surface area (Å²) in [4.78, 5) is 11.4. The molecule has 6 heteroatoms. The van der Waals surface area contributed by atoms with E-state index in [1.807, 2.05) is 12.1 Å². The van der Waals surface area contributed by atoms with E-state index in [1.54, 1.807) is 7.11 Å². The van der Waals surface area contributed by atoms with Crippen LogP contribution in [0, 0.1) is 9.49 Å². The average molecular weight is 461 g/mol. The normalized spacial score (nSPS) is 23.0. The summed E-state index contributed by atoms with van der Waals surface area (Å²) in [5.74, 6) is 0.0553. The zero-order valence-electron chi connectivity index (χ0n) is 15.0. The molecular formula is C19H28INO4. The van der Waals surface area contributed by atoms with Gasteiger partial charge in [-0.05, 0) is 59.9 Å². The molecule has 1 aliphatic carbocycles. The lowest BCUT2D eigenvalue weighted by Crippen LogP contribution is -2.48. The van der Waals surface area contributed by atoms with E-state index in [4.69, 9.17) is 19.9 Å². The van der Waals surface area contributed by atoms with Crippen molar-refractivity contribution in [2.75, 3.05) is 13.9 Å². The van der Waals surface area contributed by atoms with Crippen molar-refractivity contribution in [1.82, 2.24) is 0 Å². The molecule has 5 nitrogen and oxygen atoms in total. The summed E-state index contributed by atoms with van der Waals surface area (Å²) in [6, 6.07) is 8.26. The molecule has 2 N–H and O–H groups in total. The number of ether oxygens (including phenoxy) is 3. The quantitative estimate of drug-likeness (QED) is 0.455. The van der Waals surface area contributed by atoms with E-state index in [9.17, 15) is 4.79 Å². The standard InChI is InChI=1S/C19H28INO4/c1-3-12-19(24-13-23-2,14-8-4-6-10-16(14)20)15-9-5-7-11-17(15)25-18(21)22/h4,6,8,10,15,17H,3,5,7,9,11-13H2,1-2H3,(H2,21,22). The van der Waals surface area contributed by atoms with Gasteiger partial charge < -0.3 is 19.9 Å². The van der Waals surface area contributed by atoms with Crippen LogP contribution in [-0.2, 0) is 19.8 Å². The van der Waals surface area contributed by atoms with E-state index in [2.05, 4.69) is 41.6 Å². The third-order valence-electron chi connectivity index (χ3n) is 4.95. The topological polar surface area (TPSA) is 70.8 Å². The minimum atomic E-state index is -0.711. The number of rotatable bonds is 8. The Morgan fingerprint density at radius 3 is 2.68 bits per heavy atom. The number of methoxy groups -OCH3 is 1. The monoisotopic (exact) mass is 461 g/mol. The molecule has 1 aliphatic rings. The zero-order chi connectivity index (χ0) is 18.3. The average Bonchev–Trinajstić information content (AvgIpc) is 2.59. The number of benzene rings is 1. The van der Waals surface area contributed by atoms with Gasteiger partial charge in [0, 0.05) is 16.6 Å². The van der Waals surface area contributed by atoms with Crippen LogP contribution in [0.5, 0.6) is 0 Å². The Bertz CT molecular complexity index is 568. The van der Waals surface area contributed by atoms with Crippen molar-refractivity contribution >= 4 is 28.7 Å². The van der Waals surface area contributed by atoms with Gasteiger partial charge in [-0.1, -0.05) is 38.0 Å². The molecular weight excluding hydrogens is 433 g/mol. The predicted octanol–water partition coefficient (Wildman–Crippen LogP) is 4.56. The highest BCUT2D eigenvalue weighted by Gasteiger charge is 2.48. The molecule has 1 aromatic rings. The number of amides is 1. The van der Waals surface area contributed by atoms with Crippen molar-refractivity contribution < 1.29 is 19.0 Å². The highest BCUT2D eigenvalue weighted by molar-refractivity contribution is 14.1. The molecule has 1 amide bonds. The summed E-state index contributed by atoms with van der Waals surface area (Å²) in [6.45, 7) is 2.35. The molecule has 25 heavy (non-hydrogen) atoms. The molecule has 0 radical (unpaired) electrons. The van der Waals surface area contributed by atoms with Crippen molar-refractivity contribution in [3.05, 3.63) is 33.4 Å². The number of hydrogen-bond donors (Lipinski definition) is 1. The van der Waals surface area contributed by atoms with E-state index in [1.165, 1.54) is 0 Å². The fourth-order valence-electron chi connectivity index (χ4n) is 4.04. The van der Waals surface area contributed by atoms with Crippen LogP contribution in [0.15, 0.2) is 24.3 Å². The molecule has 1 fully saturated rings. The van der Waals surface area contributed by atoms with E-state index in [-0.39, 0.29) is 18.8 Å². The van der Waals surface area contributed by atoms with Crippen LogP contribution in [0.1, 0.15) is 51.0 Å². The number of primary amides is 1. The lowest BCUT2D eigenvalue weighted by atomic mass is 9.69. The number of carbonyl (C=O) groups is 1. The van der Waals surface area contributed by atoms with Crippen LogP contribution in [0.25, 0.3) is 0 Å². The second kappa shape index (κ2) is 9.73. The summed E-state index contributed by atoms with van der Waals surface area (Å²) >= 11 is 2.35. The van der Waals surface area contributed by atoms with Gasteiger partial charge in [0.1, 0.15) is 18.5 Å². The molecule has 0 spiro atoms. The van der Waals surface area contributed by atoms with Gasteiger partial charge in [-0.2, -0.15) is 0 Å². The Labute approximate surface area is 163 Å². The van der Waals surface area contributed by atoms with Gasteiger partial charge in [0.25, 0.3) is 0 Å². The Hall–Kier alpha value is -0.860. The highest BCUT2D eigenvalue weighted by Crippen LogP contribution is 2.47. The van der Waals surface area contributed by atoms with Crippen LogP contribution < -0.4 is 5.73 Å². The van der Waals surface area contributed by atoms with E-state index >= 15 is 0 Å². The zero-order valence-corrected chi connectivity index (χ0v) is 17.2. The fourth-order valence-corrected chi connectivity index (χ4v) is 4.88. The molecule has 3 unspecified atom stereocenters. The molecule has 1 saturated carbocycles. The first-order chi connectivity index (χ1) is 12.0. The molecule has 0 aliphatic heterocycles. The minimum absolute atomic E-state index is 0.0553. The van der Waals surface area contributed by atoms with E-state index < -0.39 is 11.7 Å². The molecule has 0 saturated heterocycles. The Morgan fingerprint density at radius 1 is 1.32 bits per heavy atom. The Kier molecular flexibility index (Phi) is 7.96. The predicted molar refractivity (Wildman–Crippen MR) is 105 cm³/mol. The van der Waals surface area contributed by atoms with Gasteiger partial charge in [-0.3, -0.25) is 0 Å². The van der Waals surface area contributed by atoms with Crippen LogP contribution in [0.4, 0.5) is 4.79 Å². The van der Waals surface area contributed by atoms with Gasteiger partial charge >= 0.3 is 6.09 Å². The fraction of sp³-hybridized carbons (Fsp3) is 0.632. The maximum atomic E-state index is 11.4. The third kappa shape index (κ3) is 4.86. The molecule has 3 atom stereocenters. The third-order valence-corrected chi connectivity index (χ3v) is 5.90. The SMILES string of the molecule is CCCC(OCOC)(c1ccccc1I)C1CCCCC1OC(N)=O. The molecule has 0 aromatic heterocycles. The molecule has 2 rings (SSSR count). The number of carbonyl (C=O) groups excluding carboxylic acids is 1. The van der Waals surface area contributed by atoms with E-state index in [0.29, 0.717) is 0 Å². The van der Waals surface area contributed by atoms with Gasteiger partial charge in [-0.25, -0.2) is 4.79 Å². The minimum Gasteiger partial charge on any atom is -0.446 e. The summed E-state index contributed by atoms with van der Waals surface area (Å²) < 4.78 is 18.3. The maximum absolute atomic E-state index is 11.4. The summed E-state index contributed by atoms with van der Waals surface area (Å²) in [5.41, 5.74) is 5.93. The van der Waals surface area contributed by atoms with Crippen molar-refractivity contribution in [3.8, 4) is 0 Å². The van der Waals surface area contributed by atoms with Crippen LogP contribution in [0.2, 0.25) is 0 Å². The smallest absolute Gasteiger partial charge is 0.404 e. The van der Waals surface area contributed by atoms with Gasteiger partial charge in [0.2, 0.25) is 0 Å². The van der Waals surface area contributed by atoms with Gasteiger partial charge in [-0.15, -0.1) is 0 Å². The molecule has 0 bridgehead atoms. The van der Waals surface area contributed by atoms with Gasteiger partial charge in [0.15, 0.2) is 0 Å². The van der Waals surface area contributed by atoms with Crippen LogP contribution in [-0.4, -0.2) is 26.1 Å². The first-order valence-corrected chi connectivity index (χ1v) is 9.97. The molecule has 0 heterocycles. The lowest BCUT2D eigenvalue weighted by molar-refractivity contribution is -0.191. The lowest BCUT2D eigenvalue weighted by Gasteiger charge is -2.46. The second-order valence-electron chi connectivity index (χ2n) is 6.54. The number of hydrogen-bond acceptors (Lipinski definition) is 4. The number of nitrogens with two attached hydrogens (primary N) is 1. The second-order valence-corrected chi connectivity index (χ2v) is 7.70. The number of halogens is 1. The largest absolute Gasteiger partial charge is 0.446 e. The van der Waals surface area contributed by atoms with Crippen molar-refractivity contribution in [2.24, 2.45) is 11.7 Å². The highest BCUT2D eigenvalue weighted by atomic mass is 127. The van der Waals surface area contributed by atoms with E-state index in [0.717, 1.165) is 47.7 Å². The van der Waals surface area contributed by atoms with Crippen molar-refractivity contribution in [3.63, 3.8) is 0 Å². The summed E-state index contributed by atoms with van der Waals surface area (Å²) in [7, 11) is 1.63. The van der Waals surface area contributed by atoms with Gasteiger partial charge in [0.05, 0.1) is 0 Å². The van der Waals surface area contributed by atoms with Crippen LogP contribution >= 0.6 is 22.6 Å². The first-order valence-electron chi connectivity index (χ1n) is 8.89. The Balaban J connectivity index is 2.50.